The standard InChI is InChI=1S/C13H13/c1-2-5-11-9-13-7-3-6-12(13)8-10(11)4-1/h1-3,6-7H,4-5,8-9H2. The highest BCUT2D eigenvalue weighted by molar-refractivity contribution is 5.51. The van der Waals surface area contributed by atoms with E-state index < -0.39 is 0 Å². The molecule has 0 aromatic rings. The quantitative estimate of drug-likeness (QED) is 0.487. The first-order chi connectivity index (χ1) is 6.43. The van der Waals surface area contributed by atoms with Gasteiger partial charge in [-0.3, -0.25) is 0 Å². The molecule has 0 aromatic carbocycles. The second kappa shape index (κ2) is 2.73. The van der Waals surface area contributed by atoms with Gasteiger partial charge in [0, 0.05) is 6.42 Å². The van der Waals surface area contributed by atoms with Gasteiger partial charge in [-0.1, -0.05) is 41.0 Å². The highest BCUT2D eigenvalue weighted by Gasteiger charge is 2.20. The van der Waals surface area contributed by atoms with Crippen molar-refractivity contribution < 1.29 is 0 Å². The first-order valence-electron chi connectivity index (χ1n) is 5.02. The van der Waals surface area contributed by atoms with Gasteiger partial charge in [0.15, 0.2) is 0 Å². The maximum atomic E-state index is 2.31. The van der Waals surface area contributed by atoms with Gasteiger partial charge in [-0.25, -0.2) is 0 Å². The molecule has 0 N–H and O–H groups in total. The molecule has 65 valence electrons. The van der Waals surface area contributed by atoms with E-state index in [1.807, 2.05) is 0 Å². The Labute approximate surface area is 79.3 Å². The Morgan fingerprint density at radius 1 is 0.846 bits per heavy atom. The fourth-order valence-electron chi connectivity index (χ4n) is 2.43. The summed E-state index contributed by atoms with van der Waals surface area (Å²) in [6.07, 6.45) is 16.2. The Hall–Kier alpha value is -1.04. The monoisotopic (exact) mass is 169 g/mol. The summed E-state index contributed by atoms with van der Waals surface area (Å²) in [6.45, 7) is 0. The van der Waals surface area contributed by atoms with Gasteiger partial charge >= 0.3 is 0 Å². The average Bonchev–Trinajstić information content (AvgIpc) is 2.61. The van der Waals surface area contributed by atoms with E-state index >= 15 is 0 Å². The normalized spacial score (nSPS) is 25.2. The third-order valence-electron chi connectivity index (χ3n) is 3.21. The van der Waals surface area contributed by atoms with Crippen molar-refractivity contribution in [3.05, 3.63) is 53.0 Å². The number of hydrogen-bond acceptors (Lipinski definition) is 0. The summed E-state index contributed by atoms with van der Waals surface area (Å²) in [4.78, 5) is 0. The molecule has 0 saturated carbocycles. The van der Waals surface area contributed by atoms with Crippen LogP contribution < -0.4 is 0 Å². The molecule has 0 amide bonds. The van der Waals surface area contributed by atoms with Crippen LogP contribution >= 0.6 is 0 Å². The van der Waals surface area contributed by atoms with E-state index in [0.29, 0.717) is 0 Å². The number of rotatable bonds is 0. The van der Waals surface area contributed by atoms with Crippen molar-refractivity contribution in [2.75, 3.05) is 0 Å². The topological polar surface area (TPSA) is 0 Å². The summed E-state index contributed by atoms with van der Waals surface area (Å²) < 4.78 is 0. The van der Waals surface area contributed by atoms with Crippen LogP contribution in [0.1, 0.15) is 25.7 Å². The molecule has 0 spiro atoms. The van der Waals surface area contributed by atoms with Gasteiger partial charge in [0.05, 0.1) is 0 Å². The maximum absolute atomic E-state index is 2.31. The van der Waals surface area contributed by atoms with Gasteiger partial charge in [-0.15, -0.1) is 0 Å². The summed E-state index contributed by atoms with van der Waals surface area (Å²) in [5, 5.41) is 0. The molecular formula is C13H13. The lowest BCUT2D eigenvalue weighted by atomic mass is 9.82. The highest BCUT2D eigenvalue weighted by Crippen LogP contribution is 2.39. The van der Waals surface area contributed by atoms with E-state index in [4.69, 9.17) is 0 Å². The van der Waals surface area contributed by atoms with Gasteiger partial charge in [-0.2, -0.15) is 0 Å². The summed E-state index contributed by atoms with van der Waals surface area (Å²) in [5.74, 6) is 0. The molecule has 0 bridgehead atoms. The van der Waals surface area contributed by atoms with Crippen LogP contribution in [0, 0.1) is 6.42 Å². The first-order valence-corrected chi connectivity index (χ1v) is 5.02. The van der Waals surface area contributed by atoms with Crippen LogP contribution in [0.3, 0.4) is 0 Å². The summed E-state index contributed by atoms with van der Waals surface area (Å²) in [6, 6.07) is 0. The lowest BCUT2D eigenvalue weighted by Crippen LogP contribution is -2.04. The van der Waals surface area contributed by atoms with Crippen LogP contribution in [-0.2, 0) is 0 Å². The second-order valence-corrected chi connectivity index (χ2v) is 4.02. The summed E-state index contributed by atoms with van der Waals surface area (Å²) in [7, 11) is 0. The molecule has 0 heteroatoms. The van der Waals surface area contributed by atoms with Gasteiger partial charge in [0.25, 0.3) is 0 Å². The molecular weight excluding hydrogens is 156 g/mol. The molecule has 3 aliphatic carbocycles. The molecule has 0 unspecified atom stereocenters. The van der Waals surface area contributed by atoms with Crippen LogP contribution in [0.25, 0.3) is 0 Å². The number of hydrogen-bond donors (Lipinski definition) is 0. The molecule has 0 fully saturated rings. The fraction of sp³-hybridized carbons (Fsp3) is 0.308. The van der Waals surface area contributed by atoms with E-state index in [2.05, 4.69) is 30.7 Å². The molecule has 1 radical (unpaired) electrons. The van der Waals surface area contributed by atoms with Crippen molar-refractivity contribution in [2.45, 2.75) is 25.7 Å². The van der Waals surface area contributed by atoms with Crippen molar-refractivity contribution in [1.29, 1.82) is 0 Å². The highest BCUT2D eigenvalue weighted by atomic mass is 14.3. The first kappa shape index (κ1) is 7.37. The summed E-state index contributed by atoms with van der Waals surface area (Å²) in [5.41, 5.74) is 6.49. The Morgan fingerprint density at radius 2 is 1.54 bits per heavy atom. The van der Waals surface area contributed by atoms with E-state index in [1.165, 1.54) is 25.7 Å². The molecule has 13 heavy (non-hydrogen) atoms. The van der Waals surface area contributed by atoms with Crippen LogP contribution in [0.15, 0.2) is 46.6 Å². The Morgan fingerprint density at radius 3 is 2.31 bits per heavy atom. The van der Waals surface area contributed by atoms with Crippen LogP contribution in [0.2, 0.25) is 0 Å². The molecule has 0 saturated heterocycles. The average molecular weight is 169 g/mol. The van der Waals surface area contributed by atoms with Crippen LogP contribution in [0.5, 0.6) is 0 Å². The second-order valence-electron chi connectivity index (χ2n) is 4.02. The van der Waals surface area contributed by atoms with Gasteiger partial charge in [-0.05, 0) is 31.3 Å². The minimum Gasteiger partial charge on any atom is -0.0841 e. The van der Waals surface area contributed by atoms with E-state index in [9.17, 15) is 0 Å². The van der Waals surface area contributed by atoms with Crippen molar-refractivity contribution in [2.24, 2.45) is 0 Å². The molecule has 3 rings (SSSR count). The predicted octanol–water partition coefficient (Wildman–Crippen LogP) is 3.50. The van der Waals surface area contributed by atoms with E-state index in [1.54, 1.807) is 22.3 Å². The lowest BCUT2D eigenvalue weighted by Gasteiger charge is -2.23. The van der Waals surface area contributed by atoms with Crippen molar-refractivity contribution >= 4 is 0 Å². The molecule has 0 heterocycles. The Kier molecular flexibility index (Phi) is 1.55. The molecule has 3 aliphatic rings. The zero-order valence-electron chi connectivity index (χ0n) is 7.72. The van der Waals surface area contributed by atoms with Crippen molar-refractivity contribution in [3.8, 4) is 0 Å². The third-order valence-corrected chi connectivity index (χ3v) is 3.21. The van der Waals surface area contributed by atoms with Gasteiger partial charge in [0.1, 0.15) is 0 Å². The van der Waals surface area contributed by atoms with Gasteiger partial charge in [0.2, 0.25) is 0 Å². The fourth-order valence-corrected chi connectivity index (χ4v) is 2.43. The zero-order valence-corrected chi connectivity index (χ0v) is 7.72. The zero-order chi connectivity index (χ0) is 8.67. The molecule has 0 atom stereocenters. The molecule has 0 aromatic heterocycles. The SMILES string of the molecule is [CH]1C=CC2=C1CC1=C(CC=CC1)C2. The molecule has 0 nitrogen and oxygen atoms in total. The largest absolute Gasteiger partial charge is 0.0841 e. The van der Waals surface area contributed by atoms with E-state index in [-0.39, 0.29) is 0 Å². The van der Waals surface area contributed by atoms with E-state index in [0.717, 1.165) is 0 Å². The Balaban J connectivity index is 1.90. The van der Waals surface area contributed by atoms with Crippen molar-refractivity contribution in [3.63, 3.8) is 0 Å². The Bertz CT molecular complexity index is 361. The minimum atomic E-state index is 1.19. The maximum Gasteiger partial charge on any atom is 0.00898 e. The van der Waals surface area contributed by atoms with Gasteiger partial charge < -0.3 is 0 Å². The third kappa shape index (κ3) is 1.13. The smallest absolute Gasteiger partial charge is 0.00898 e. The lowest BCUT2D eigenvalue weighted by molar-refractivity contribution is 0.876. The number of allylic oxidation sites excluding steroid dienone is 8. The van der Waals surface area contributed by atoms with Crippen LogP contribution in [-0.4, -0.2) is 0 Å². The summed E-state index contributed by atoms with van der Waals surface area (Å²) >= 11 is 0. The molecule has 0 aliphatic heterocycles. The van der Waals surface area contributed by atoms with Crippen molar-refractivity contribution in [1.82, 2.24) is 0 Å². The van der Waals surface area contributed by atoms with Crippen LogP contribution in [0.4, 0.5) is 0 Å². The minimum absolute atomic E-state index is 1.19. The predicted molar refractivity (Wildman–Crippen MR) is 55.1 cm³/mol.